The average Bonchev–Trinajstić information content (AvgIpc) is 2.65. The van der Waals surface area contributed by atoms with E-state index in [0.29, 0.717) is 0 Å². The Kier molecular flexibility index (Phi) is 9.14. The maximum Gasteiger partial charge on any atom is 0.422 e. The van der Waals surface area contributed by atoms with Gasteiger partial charge in [0.1, 0.15) is 11.6 Å². The number of hydrogen-bond acceptors (Lipinski definition) is 8. The SMILES string of the molecule is COc1cc(NC(=O)NS(=O)(=O)c2ncccc2OCC(F)(F)F)nc(OC)c1.[Na]. The summed E-state index contributed by atoms with van der Waals surface area (Å²) in [7, 11) is -1.99. The molecule has 0 aliphatic heterocycles. The zero-order valence-electron chi connectivity index (χ0n) is 16.0. The first-order valence-electron chi connectivity index (χ1n) is 7.62. The Labute approximate surface area is 191 Å². The third-order valence-electron chi connectivity index (χ3n) is 3.07. The summed E-state index contributed by atoms with van der Waals surface area (Å²) in [5.41, 5.74) is 0. The van der Waals surface area contributed by atoms with Gasteiger partial charge in [-0.1, -0.05) is 0 Å². The minimum absolute atomic E-state index is 0. The standard InChI is InChI=1S/C15H15F3N4O6S.Na/c1-26-9-6-11(20-12(7-9)27-2)21-14(23)22-29(24,25)13-10(4-3-5-19-13)28-8-15(16,17)18;/h3-7H,8H2,1-2H3,(H2,20,21,22,23);. The molecule has 0 fully saturated rings. The van der Waals surface area contributed by atoms with Gasteiger partial charge in [-0.3, -0.25) is 5.32 Å². The fraction of sp³-hybridized carbons (Fsp3) is 0.267. The van der Waals surface area contributed by atoms with Gasteiger partial charge in [0, 0.05) is 47.9 Å². The van der Waals surface area contributed by atoms with E-state index < -0.39 is 39.6 Å². The van der Waals surface area contributed by atoms with Gasteiger partial charge in [0.25, 0.3) is 10.0 Å². The number of urea groups is 1. The van der Waals surface area contributed by atoms with Crippen LogP contribution in [-0.4, -0.2) is 81.0 Å². The number of hydrogen-bond donors (Lipinski definition) is 2. The number of rotatable bonds is 7. The second kappa shape index (κ2) is 10.7. The number of nitrogens with one attached hydrogen (secondary N) is 2. The smallest absolute Gasteiger partial charge is 0.422 e. The van der Waals surface area contributed by atoms with Crippen molar-refractivity contribution >= 4 is 51.4 Å². The van der Waals surface area contributed by atoms with Gasteiger partial charge >= 0.3 is 12.2 Å². The molecule has 0 bridgehead atoms. The first kappa shape index (κ1) is 25.7. The molecule has 0 aromatic carbocycles. The molecule has 1 radical (unpaired) electrons. The van der Waals surface area contributed by atoms with E-state index in [1.165, 1.54) is 32.4 Å². The van der Waals surface area contributed by atoms with Gasteiger partial charge < -0.3 is 14.2 Å². The molecule has 2 aromatic heterocycles. The van der Waals surface area contributed by atoms with Crippen LogP contribution in [0.4, 0.5) is 23.8 Å². The van der Waals surface area contributed by atoms with Crippen LogP contribution in [0, 0.1) is 0 Å². The number of carbonyl (C=O) groups excluding carboxylic acids is 1. The summed E-state index contributed by atoms with van der Waals surface area (Å²) >= 11 is 0. The topological polar surface area (TPSA) is 129 Å². The Morgan fingerprint density at radius 1 is 1.20 bits per heavy atom. The van der Waals surface area contributed by atoms with E-state index >= 15 is 0 Å². The van der Waals surface area contributed by atoms with Crippen molar-refractivity contribution in [3.05, 3.63) is 30.5 Å². The van der Waals surface area contributed by atoms with Crippen molar-refractivity contribution in [2.45, 2.75) is 11.2 Å². The number of sulfonamides is 1. The quantitative estimate of drug-likeness (QED) is 0.597. The molecule has 2 rings (SSSR count). The first-order valence-corrected chi connectivity index (χ1v) is 9.11. The normalized spacial score (nSPS) is 11.1. The molecule has 2 heterocycles. The van der Waals surface area contributed by atoms with Gasteiger partial charge in [-0.15, -0.1) is 0 Å². The summed E-state index contributed by atoms with van der Waals surface area (Å²) in [5.74, 6) is -0.438. The predicted molar refractivity (Wildman–Crippen MR) is 98.2 cm³/mol. The van der Waals surface area contributed by atoms with E-state index in [9.17, 15) is 26.4 Å². The summed E-state index contributed by atoms with van der Waals surface area (Å²) < 4.78 is 77.7. The molecule has 2 amide bonds. The minimum Gasteiger partial charge on any atom is -0.496 e. The molecule has 2 N–H and O–H groups in total. The maximum absolute atomic E-state index is 12.4. The van der Waals surface area contributed by atoms with Gasteiger partial charge in [-0.25, -0.2) is 14.5 Å². The van der Waals surface area contributed by atoms with Crippen LogP contribution in [0.3, 0.4) is 0 Å². The van der Waals surface area contributed by atoms with E-state index in [1.807, 2.05) is 0 Å². The Hall–Kier alpha value is -2.29. The average molecular weight is 459 g/mol. The van der Waals surface area contributed by atoms with Crippen molar-refractivity contribution < 1.29 is 40.6 Å². The van der Waals surface area contributed by atoms with Gasteiger partial charge in [-0.2, -0.15) is 26.6 Å². The van der Waals surface area contributed by atoms with Crippen LogP contribution in [0.15, 0.2) is 35.5 Å². The van der Waals surface area contributed by atoms with Gasteiger partial charge in [-0.05, 0) is 12.1 Å². The number of methoxy groups -OCH3 is 2. The van der Waals surface area contributed by atoms with Crippen molar-refractivity contribution in [1.82, 2.24) is 14.7 Å². The second-order valence-corrected chi connectivity index (χ2v) is 6.80. The van der Waals surface area contributed by atoms with E-state index in [4.69, 9.17) is 9.47 Å². The van der Waals surface area contributed by atoms with Crippen LogP contribution < -0.4 is 24.2 Å². The molecule has 0 spiro atoms. The molecule has 0 aliphatic rings. The molecule has 15 heteroatoms. The number of anilines is 1. The van der Waals surface area contributed by atoms with Crippen molar-refractivity contribution in [2.75, 3.05) is 26.1 Å². The molecule has 10 nitrogen and oxygen atoms in total. The molecule has 2 aromatic rings. The summed E-state index contributed by atoms with van der Waals surface area (Å²) in [5, 5.41) is 1.25. The molecule has 159 valence electrons. The van der Waals surface area contributed by atoms with Crippen LogP contribution in [0.2, 0.25) is 0 Å². The van der Waals surface area contributed by atoms with Crippen LogP contribution in [0.5, 0.6) is 17.4 Å². The Morgan fingerprint density at radius 3 is 2.50 bits per heavy atom. The summed E-state index contributed by atoms with van der Waals surface area (Å²) in [4.78, 5) is 19.4. The van der Waals surface area contributed by atoms with Gasteiger partial charge in [0.15, 0.2) is 12.4 Å². The second-order valence-electron chi connectivity index (χ2n) is 5.20. The van der Waals surface area contributed by atoms with Crippen LogP contribution >= 0.6 is 0 Å². The predicted octanol–water partition coefficient (Wildman–Crippen LogP) is 1.56. The zero-order chi connectivity index (χ0) is 21.7. The van der Waals surface area contributed by atoms with Crippen molar-refractivity contribution in [2.24, 2.45) is 0 Å². The Balaban J connectivity index is 0.00000450. The van der Waals surface area contributed by atoms with E-state index in [2.05, 4.69) is 20.0 Å². The van der Waals surface area contributed by atoms with E-state index in [1.54, 1.807) is 4.72 Å². The van der Waals surface area contributed by atoms with Gasteiger partial charge in [0.2, 0.25) is 10.9 Å². The van der Waals surface area contributed by atoms with E-state index in [0.717, 1.165) is 12.3 Å². The third-order valence-corrected chi connectivity index (χ3v) is 4.34. The number of amides is 2. The van der Waals surface area contributed by atoms with Crippen LogP contribution in [0.25, 0.3) is 0 Å². The number of ether oxygens (including phenoxy) is 3. The van der Waals surface area contributed by atoms with Gasteiger partial charge in [0.05, 0.1) is 14.2 Å². The number of aromatic nitrogens is 2. The first-order chi connectivity index (χ1) is 13.5. The molecule has 0 unspecified atom stereocenters. The third kappa shape index (κ3) is 7.51. The molecule has 0 saturated heterocycles. The van der Waals surface area contributed by atoms with Crippen molar-refractivity contribution in [3.63, 3.8) is 0 Å². The molecule has 0 aliphatic carbocycles. The van der Waals surface area contributed by atoms with Crippen molar-refractivity contribution in [1.29, 1.82) is 0 Å². The number of carbonyl (C=O) groups is 1. The Morgan fingerprint density at radius 2 is 1.90 bits per heavy atom. The van der Waals surface area contributed by atoms with Crippen LogP contribution in [0.1, 0.15) is 0 Å². The summed E-state index contributed by atoms with van der Waals surface area (Å²) in [6.45, 7) is -1.74. The maximum atomic E-state index is 12.4. The summed E-state index contributed by atoms with van der Waals surface area (Å²) in [6, 6.07) is 3.60. The molecule has 0 atom stereocenters. The zero-order valence-corrected chi connectivity index (χ0v) is 18.8. The number of nitrogens with zero attached hydrogens (tertiary/aromatic N) is 2. The molecular formula is C15H15F3N4NaO6S. The number of halogens is 3. The number of pyridine rings is 2. The number of alkyl halides is 3. The molecular weight excluding hydrogens is 444 g/mol. The molecule has 0 saturated carbocycles. The monoisotopic (exact) mass is 459 g/mol. The summed E-state index contributed by atoms with van der Waals surface area (Å²) in [6.07, 6.45) is -3.68. The van der Waals surface area contributed by atoms with E-state index in [-0.39, 0.29) is 47.0 Å². The minimum atomic E-state index is -4.70. The molecule has 30 heavy (non-hydrogen) atoms. The fourth-order valence-electron chi connectivity index (χ4n) is 1.93. The fourth-order valence-corrected chi connectivity index (χ4v) is 2.91. The van der Waals surface area contributed by atoms with Crippen LogP contribution in [-0.2, 0) is 10.0 Å². The van der Waals surface area contributed by atoms with Crippen molar-refractivity contribution in [3.8, 4) is 17.4 Å². The Bertz CT molecular complexity index is 968. The largest absolute Gasteiger partial charge is 0.496 e.